The van der Waals surface area contributed by atoms with Crippen molar-refractivity contribution >= 4 is 36.5 Å². The Balaban J connectivity index is -0.000000538. The van der Waals surface area contributed by atoms with E-state index in [2.05, 4.69) is 30.2 Å². The number of rotatable bonds is 12. The summed E-state index contributed by atoms with van der Waals surface area (Å²) in [5, 5.41) is 47.5. The fourth-order valence-corrected chi connectivity index (χ4v) is 6.94. The van der Waals surface area contributed by atoms with Gasteiger partial charge in [0, 0.05) is 79.9 Å². The second kappa shape index (κ2) is 49.3. The van der Waals surface area contributed by atoms with Crippen LogP contribution < -0.4 is 277 Å². The van der Waals surface area contributed by atoms with E-state index >= 15 is 0 Å². The number of hydrogen-bond donors (Lipinski definition) is 3. The maximum absolute atomic E-state index is 13.4. The number of aromatic nitrogens is 6. The van der Waals surface area contributed by atoms with Gasteiger partial charge in [-0.25, -0.2) is 40.8 Å². The Labute approximate surface area is 719 Å². The van der Waals surface area contributed by atoms with Gasteiger partial charge in [-0.2, -0.15) is 15.3 Å². The summed E-state index contributed by atoms with van der Waals surface area (Å²) < 4.78 is 91.4. The van der Waals surface area contributed by atoms with Crippen molar-refractivity contribution in [2.75, 3.05) is 7.11 Å². The van der Waals surface area contributed by atoms with Gasteiger partial charge in [0.15, 0.2) is 0 Å². The van der Waals surface area contributed by atoms with E-state index in [1.807, 2.05) is 6.07 Å². The number of benzene rings is 6. The molecule has 0 atom stereocenters. The van der Waals surface area contributed by atoms with E-state index in [9.17, 15) is 55.4 Å². The van der Waals surface area contributed by atoms with E-state index in [-0.39, 0.29) is 326 Å². The number of H-pyrrole nitrogens is 1. The van der Waals surface area contributed by atoms with Crippen LogP contribution in [0.25, 0.3) is 33.8 Å². The van der Waals surface area contributed by atoms with Gasteiger partial charge in [0.2, 0.25) is 0 Å². The van der Waals surface area contributed by atoms with Crippen molar-refractivity contribution in [1.29, 1.82) is 0 Å². The minimum absolute atomic E-state index is 0. The molecule has 21 nitrogen and oxygen atoms in total. The normalized spacial score (nSPS) is 9.30. The van der Waals surface area contributed by atoms with Crippen LogP contribution in [0.1, 0.15) is 33.4 Å². The summed E-state index contributed by atoms with van der Waals surface area (Å²) in [6.45, 7) is 2.55. The fraction of sp³-hybridized carbons (Fsp3) is 0.103. The minimum Gasteiger partial charge on any atom is -1.00 e. The molecule has 0 spiro atoms. The van der Waals surface area contributed by atoms with Gasteiger partial charge in [0.1, 0.15) is 52.2 Å². The topological polar surface area (TPSA) is 307 Å². The van der Waals surface area contributed by atoms with Crippen LogP contribution >= 0.6 is 11.6 Å². The average molecular weight is 1560 g/mol. The third-order valence-electron chi connectivity index (χ3n) is 10.0. The smallest absolute Gasteiger partial charge is 1.00 e. The van der Waals surface area contributed by atoms with Gasteiger partial charge in [-0.3, -0.25) is 33.6 Å². The van der Waals surface area contributed by atoms with Crippen LogP contribution in [-0.4, -0.2) is 72.0 Å². The summed E-state index contributed by atoms with van der Waals surface area (Å²) >= 11 is 5.59. The van der Waals surface area contributed by atoms with Crippen molar-refractivity contribution in [3.63, 3.8) is 0 Å². The van der Waals surface area contributed by atoms with E-state index in [0.29, 0.717) is 34.2 Å². The first-order chi connectivity index (χ1) is 41.1. The standard InChI is InChI=1S/C19H14F2N2O3.C17H12F2N2O2.C10H6F2N2O.C9H9ClO2.2CH2O3.CH4O.2Cs.2K.2H/c1-12(24)26-17-4-2-3-13(7-17)11-23-19(25)6-5-18(22-23)14-8-15(20)10-16(21)9-14;18-13-7-12(8-14(19)9-13)16-4-5-17(23)21(20-16)10-11-2-1-3-15(22)6-11;11-7-3-6(4-8(12)5-7)9-1-2-10(15)14-13-9;1-7(11)12-9-4-2-3-8(5-9)6-10;2*2-1-4-3;1-2;;;;;;/h2-10H,11H2,1H3;1-9,22H,10H2;1-5H,(H,14,15);2-5H,6H2,1H3;2*1,3H;2H,1H3;;;;;;/q;;;;;;;4*+1;2*-1/p-2. The van der Waals surface area contributed by atoms with E-state index in [1.165, 1.54) is 71.7 Å². The Morgan fingerprint density at radius 3 is 1.20 bits per heavy atom. The van der Waals surface area contributed by atoms with Crippen LogP contribution in [0.5, 0.6) is 17.2 Å². The number of carbonyl (C=O) groups excluding carboxylic acids is 4. The van der Waals surface area contributed by atoms with E-state index in [1.54, 1.807) is 54.6 Å². The average Bonchev–Trinajstić information content (AvgIpc) is 1.06. The first-order valence-corrected chi connectivity index (χ1v) is 24.5. The molecule has 3 heterocycles. The molecule has 9 aromatic rings. The predicted octanol–water partition coefficient (Wildman–Crippen LogP) is -5.11. The zero-order valence-electron chi connectivity index (χ0n) is 50.9. The van der Waals surface area contributed by atoms with Crippen molar-refractivity contribution in [2.45, 2.75) is 32.8 Å². The molecule has 0 fully saturated rings. The van der Waals surface area contributed by atoms with Crippen LogP contribution in [0, 0.1) is 34.9 Å². The van der Waals surface area contributed by atoms with Gasteiger partial charge in [-0.1, -0.05) is 36.4 Å². The molecule has 0 saturated carbocycles. The first-order valence-electron chi connectivity index (χ1n) is 24.0. The number of nitrogens with one attached hydrogen (secondary N) is 1. The molecule has 0 aliphatic carbocycles. The number of esters is 2. The molecule has 3 N–H and O–H groups in total. The molecule has 0 unspecified atom stereocenters. The number of aromatic amines is 1. The molecule has 9 rings (SSSR count). The number of ether oxygens (including phenoxy) is 2. The number of carbonyl (C=O) groups is 4. The van der Waals surface area contributed by atoms with Gasteiger partial charge < -0.3 is 42.8 Å². The zero-order chi connectivity index (χ0) is 63.7. The molecule has 32 heteroatoms. The predicted molar refractivity (Wildman–Crippen MR) is 294 cm³/mol. The van der Waals surface area contributed by atoms with Crippen LogP contribution in [-0.2, 0) is 47.9 Å². The number of phenols is 1. The quantitative estimate of drug-likeness (QED) is 0.0151. The Bertz CT molecular complexity index is 3830. The van der Waals surface area contributed by atoms with Crippen LogP contribution in [0.3, 0.4) is 0 Å². The second-order valence-corrected chi connectivity index (χ2v) is 16.6. The van der Waals surface area contributed by atoms with Crippen LogP contribution in [0.4, 0.5) is 26.3 Å². The van der Waals surface area contributed by atoms with E-state index in [4.69, 9.17) is 46.3 Å². The Kier molecular flexibility index (Phi) is 48.7. The number of phenolic OH excluding ortho intramolecular Hbond substituents is 1. The number of aliphatic hydroxyl groups is 1. The molecule has 0 aliphatic rings. The summed E-state index contributed by atoms with van der Waals surface area (Å²) in [6, 6.07) is 37.4. The number of aliphatic hydroxyl groups excluding tert-OH is 1. The van der Waals surface area contributed by atoms with Crippen molar-refractivity contribution < 1.29 is 329 Å². The summed E-state index contributed by atoms with van der Waals surface area (Å²) in [7, 11) is 1.00. The van der Waals surface area contributed by atoms with Crippen molar-refractivity contribution in [2.24, 2.45) is 0 Å². The van der Waals surface area contributed by atoms with Gasteiger partial charge in [0.25, 0.3) is 29.6 Å². The maximum atomic E-state index is 13.4. The molecular formula is C58H49ClCs2F6K2N6O15. The second-order valence-electron chi connectivity index (χ2n) is 16.4. The summed E-state index contributed by atoms with van der Waals surface area (Å²) in [5.74, 6) is -3.62. The number of halogens is 7. The number of aromatic hydroxyl groups is 1. The van der Waals surface area contributed by atoms with Crippen molar-refractivity contribution in [3.05, 3.63) is 246 Å². The van der Waals surface area contributed by atoms with Gasteiger partial charge >= 0.3 is 252 Å². The summed E-state index contributed by atoms with van der Waals surface area (Å²) in [6.07, 6.45) is 0. The van der Waals surface area contributed by atoms with Crippen molar-refractivity contribution in [1.82, 2.24) is 29.8 Å². The monoisotopic (exact) mass is 1560 g/mol. The summed E-state index contributed by atoms with van der Waals surface area (Å²) in [4.78, 5) is 78.8. The van der Waals surface area contributed by atoms with Crippen LogP contribution in [0.2, 0.25) is 0 Å². The molecule has 0 radical (unpaired) electrons. The molecule has 90 heavy (non-hydrogen) atoms. The zero-order valence-corrected chi connectivity index (χ0v) is 68.5. The molecular weight excluding hydrogens is 1510 g/mol. The van der Waals surface area contributed by atoms with E-state index < -0.39 is 40.9 Å². The van der Waals surface area contributed by atoms with Crippen molar-refractivity contribution in [3.8, 4) is 51.0 Å². The fourth-order valence-electron chi connectivity index (χ4n) is 6.77. The van der Waals surface area contributed by atoms with Gasteiger partial charge in [0.05, 0.1) is 30.2 Å². The number of nitrogens with zero attached hydrogens (tertiary/aromatic N) is 5. The molecule has 454 valence electrons. The SMILES string of the molecule is CC(=O)Oc1cccc(CCl)c1.CC(=O)Oc1cccc(Cn2nc(-c3cc(F)cc(F)c3)ccc2=O)c1.CO.O=CO[O-].O=CO[O-].O=c1ccc(-c2cc(F)cc(F)c2)n[nH]1.O=c1ccc(-c2cc(F)cc(F)c2)nn1Cc1cccc(O)c1.[Cs+].[Cs+].[H-].[H-].[K+].[K+]. The molecule has 0 amide bonds. The minimum atomic E-state index is -0.728. The molecule has 6 aromatic carbocycles. The van der Waals surface area contributed by atoms with Gasteiger partial charge in [-0.15, -0.1) is 11.6 Å². The Hall–Kier alpha value is -3.23. The third-order valence-corrected chi connectivity index (χ3v) is 10.3. The molecule has 3 aromatic heterocycles. The Morgan fingerprint density at radius 2 is 0.867 bits per heavy atom. The van der Waals surface area contributed by atoms with Crippen LogP contribution in [0.15, 0.2) is 178 Å². The first kappa shape index (κ1) is 88.8. The molecule has 0 aliphatic heterocycles. The molecule has 0 bridgehead atoms. The number of alkyl halides is 1. The third kappa shape index (κ3) is 34.8. The number of hydrogen-bond acceptors (Lipinski definition) is 18. The Morgan fingerprint density at radius 1 is 0.533 bits per heavy atom. The van der Waals surface area contributed by atoms with Gasteiger partial charge in [-0.05, 0) is 108 Å². The largest absolute Gasteiger partial charge is 1.00 e. The molecule has 0 saturated heterocycles. The maximum Gasteiger partial charge on any atom is 1.00 e. The summed E-state index contributed by atoms with van der Waals surface area (Å²) in [5.41, 5.74) is 2.82. The van der Waals surface area contributed by atoms with E-state index in [0.717, 1.165) is 67.3 Å².